The van der Waals surface area contributed by atoms with E-state index in [-0.39, 0.29) is 28.3 Å². The van der Waals surface area contributed by atoms with Crippen LogP contribution in [0.5, 0.6) is 5.75 Å². The maximum atomic E-state index is 13.6. The molecule has 1 amide bonds. The van der Waals surface area contributed by atoms with E-state index >= 15 is 0 Å². The van der Waals surface area contributed by atoms with Crippen molar-refractivity contribution in [2.75, 3.05) is 31.7 Å². The van der Waals surface area contributed by atoms with E-state index in [0.29, 0.717) is 37.2 Å². The Morgan fingerprint density at radius 2 is 1.91 bits per heavy atom. The quantitative estimate of drug-likeness (QED) is 0.411. The first-order valence-electron chi connectivity index (χ1n) is 15.8. The van der Waals surface area contributed by atoms with Crippen molar-refractivity contribution in [1.82, 2.24) is 4.72 Å². The number of amides is 1. The van der Waals surface area contributed by atoms with Crippen LogP contribution in [0.3, 0.4) is 0 Å². The maximum absolute atomic E-state index is 13.6. The number of nitrogens with one attached hydrogen (secondary N) is 1. The minimum Gasteiger partial charge on any atom is -0.490 e. The average Bonchev–Trinajstić information content (AvgIpc) is 3.82. The summed E-state index contributed by atoms with van der Waals surface area (Å²) in [6.45, 7) is 2.00. The SMILES string of the molecule is COC1/C=C/CCC(C2CC2)C(=O)NS(=O)(=O)c2ccc3c(c2)N(C[C@@H]2CC[C@@H]12)C[C@@]1(CCCc2cc(Cl)ccc21)CO3. The smallest absolute Gasteiger partial charge is 0.264 e. The predicted molar refractivity (Wildman–Crippen MR) is 167 cm³/mol. The normalized spacial score (nSPS) is 32.8. The number of carbonyl (C=O) groups excluding carboxylic acids is 1. The first-order valence-corrected chi connectivity index (χ1v) is 17.7. The third-order valence-corrected chi connectivity index (χ3v) is 12.3. The van der Waals surface area contributed by atoms with Crippen molar-refractivity contribution in [1.29, 1.82) is 0 Å². The minimum atomic E-state index is -4.05. The van der Waals surface area contributed by atoms with E-state index < -0.39 is 15.9 Å². The van der Waals surface area contributed by atoms with Crippen molar-refractivity contribution in [3.05, 3.63) is 64.7 Å². The lowest BCUT2D eigenvalue weighted by Crippen LogP contribution is -2.49. The van der Waals surface area contributed by atoms with Crippen LogP contribution in [0.2, 0.25) is 5.02 Å². The van der Waals surface area contributed by atoms with Gasteiger partial charge in [-0.15, -0.1) is 0 Å². The van der Waals surface area contributed by atoms with Crippen LogP contribution < -0.4 is 14.4 Å². The number of carbonyl (C=O) groups is 1. The molecular weight excluding hydrogens is 584 g/mol. The Balaban J connectivity index is 1.30. The fourth-order valence-electron chi connectivity index (χ4n) is 8.05. The number of anilines is 1. The molecule has 7 rings (SSSR count). The molecular formula is C34H41ClN2O5S. The lowest BCUT2D eigenvalue weighted by Gasteiger charge is -2.46. The summed E-state index contributed by atoms with van der Waals surface area (Å²) in [5, 5.41) is 0.746. The Kier molecular flexibility index (Phi) is 7.75. The van der Waals surface area contributed by atoms with Gasteiger partial charge in [0.1, 0.15) is 5.75 Å². The summed E-state index contributed by atoms with van der Waals surface area (Å²) in [5.41, 5.74) is 3.07. The zero-order valence-corrected chi connectivity index (χ0v) is 26.3. The fourth-order valence-corrected chi connectivity index (χ4v) is 9.29. The lowest BCUT2D eigenvalue weighted by molar-refractivity contribution is -0.124. The number of fused-ring (bicyclic) bond motifs is 4. The van der Waals surface area contributed by atoms with Crippen molar-refractivity contribution < 1.29 is 22.7 Å². The van der Waals surface area contributed by atoms with Gasteiger partial charge in [0, 0.05) is 36.6 Å². The molecule has 43 heavy (non-hydrogen) atoms. The number of rotatable bonds is 2. The monoisotopic (exact) mass is 624 g/mol. The second-order valence-electron chi connectivity index (χ2n) is 13.4. The van der Waals surface area contributed by atoms with Gasteiger partial charge in [-0.25, -0.2) is 13.1 Å². The van der Waals surface area contributed by atoms with E-state index in [1.807, 2.05) is 6.07 Å². The van der Waals surface area contributed by atoms with Gasteiger partial charge in [0.2, 0.25) is 5.91 Å². The van der Waals surface area contributed by atoms with E-state index in [2.05, 4.69) is 33.9 Å². The minimum absolute atomic E-state index is 0.0146. The van der Waals surface area contributed by atoms with E-state index in [1.165, 1.54) is 11.1 Å². The Morgan fingerprint density at radius 3 is 2.67 bits per heavy atom. The van der Waals surface area contributed by atoms with Gasteiger partial charge >= 0.3 is 0 Å². The van der Waals surface area contributed by atoms with E-state index in [9.17, 15) is 13.2 Å². The van der Waals surface area contributed by atoms with Gasteiger partial charge in [-0.2, -0.15) is 0 Å². The van der Waals surface area contributed by atoms with Crippen LogP contribution in [0.25, 0.3) is 0 Å². The largest absolute Gasteiger partial charge is 0.490 e. The second kappa shape index (κ2) is 11.4. The Bertz CT molecular complexity index is 1540. The van der Waals surface area contributed by atoms with Crippen LogP contribution in [0.15, 0.2) is 53.4 Å². The number of ether oxygens (including phenoxy) is 2. The highest BCUT2D eigenvalue weighted by Gasteiger charge is 2.45. The number of hydrogen-bond acceptors (Lipinski definition) is 6. The highest BCUT2D eigenvalue weighted by Crippen LogP contribution is 2.47. The molecule has 5 atom stereocenters. The van der Waals surface area contributed by atoms with Crippen LogP contribution in [0, 0.1) is 23.7 Å². The van der Waals surface area contributed by atoms with Gasteiger partial charge in [0.05, 0.1) is 23.3 Å². The summed E-state index contributed by atoms with van der Waals surface area (Å²) in [6.07, 6.45) is 12.8. The van der Waals surface area contributed by atoms with Gasteiger partial charge in [0.15, 0.2) is 0 Å². The van der Waals surface area contributed by atoms with Crippen molar-refractivity contribution in [2.45, 2.75) is 74.2 Å². The molecule has 2 fully saturated rings. The van der Waals surface area contributed by atoms with E-state index in [1.54, 1.807) is 25.3 Å². The molecule has 2 aromatic carbocycles. The molecule has 1 spiro atoms. The number of hydrogen-bond donors (Lipinski definition) is 1. The molecule has 2 unspecified atom stereocenters. The summed E-state index contributed by atoms with van der Waals surface area (Å²) in [7, 11) is -2.27. The lowest BCUT2D eigenvalue weighted by atomic mass is 9.68. The van der Waals surface area contributed by atoms with E-state index in [0.717, 1.165) is 68.6 Å². The fraction of sp³-hybridized carbons (Fsp3) is 0.559. The molecule has 5 aliphatic rings. The van der Waals surface area contributed by atoms with Crippen LogP contribution in [-0.4, -0.2) is 47.2 Å². The summed E-state index contributed by atoms with van der Waals surface area (Å²) in [4.78, 5) is 15.8. The van der Waals surface area contributed by atoms with Crippen molar-refractivity contribution in [3.63, 3.8) is 0 Å². The van der Waals surface area contributed by atoms with Crippen molar-refractivity contribution >= 4 is 33.2 Å². The van der Waals surface area contributed by atoms with Crippen LogP contribution in [0.1, 0.15) is 62.5 Å². The zero-order valence-electron chi connectivity index (χ0n) is 24.8. The molecule has 3 aliphatic carbocycles. The molecule has 2 saturated carbocycles. The topological polar surface area (TPSA) is 84.9 Å². The van der Waals surface area contributed by atoms with E-state index in [4.69, 9.17) is 21.1 Å². The third-order valence-electron chi connectivity index (χ3n) is 10.7. The number of halogens is 1. The van der Waals surface area contributed by atoms with Gasteiger partial charge in [-0.1, -0.05) is 29.8 Å². The Hall–Kier alpha value is -2.55. The Labute approximate surface area is 260 Å². The molecule has 0 aromatic heterocycles. The number of benzene rings is 2. The third kappa shape index (κ3) is 5.59. The summed E-state index contributed by atoms with van der Waals surface area (Å²) in [5.74, 6) is 0.994. The molecule has 7 nitrogen and oxygen atoms in total. The number of allylic oxidation sites excluding steroid dienone is 1. The van der Waals surface area contributed by atoms with Crippen molar-refractivity contribution in [2.24, 2.45) is 23.7 Å². The zero-order chi connectivity index (χ0) is 29.8. The summed E-state index contributed by atoms with van der Waals surface area (Å²) in [6, 6.07) is 11.3. The first kappa shape index (κ1) is 29.2. The molecule has 2 heterocycles. The molecule has 0 radical (unpaired) electrons. The van der Waals surface area contributed by atoms with Gasteiger partial charge in [-0.3, -0.25) is 4.79 Å². The number of methoxy groups -OCH3 is 1. The van der Waals surface area contributed by atoms with Gasteiger partial charge < -0.3 is 14.4 Å². The number of aryl methyl sites for hydroxylation is 1. The highest BCUT2D eigenvalue weighted by atomic mass is 35.5. The number of nitrogens with zero attached hydrogens (tertiary/aromatic N) is 1. The van der Waals surface area contributed by atoms with Crippen molar-refractivity contribution in [3.8, 4) is 5.75 Å². The molecule has 1 N–H and O–H groups in total. The molecule has 9 heteroatoms. The molecule has 2 aliphatic heterocycles. The first-order chi connectivity index (χ1) is 20.8. The summed E-state index contributed by atoms with van der Waals surface area (Å²) >= 11 is 6.41. The Morgan fingerprint density at radius 1 is 1.07 bits per heavy atom. The highest BCUT2D eigenvalue weighted by molar-refractivity contribution is 7.90. The molecule has 2 bridgehead atoms. The van der Waals surface area contributed by atoms with Crippen LogP contribution >= 0.6 is 11.6 Å². The van der Waals surface area contributed by atoms with Gasteiger partial charge in [0.25, 0.3) is 10.0 Å². The maximum Gasteiger partial charge on any atom is 0.264 e. The summed E-state index contributed by atoms with van der Waals surface area (Å²) < 4.78 is 42.3. The second-order valence-corrected chi connectivity index (χ2v) is 15.5. The molecule has 230 valence electrons. The average molecular weight is 625 g/mol. The standard InChI is InChI=1S/C34H41ClN2O5S/c1-41-31-7-3-2-6-28(22-8-9-22)33(38)36-43(39,40)26-12-15-32-30(18-26)37(19-24-10-13-27(24)31)20-34(21-42-32)16-4-5-23-17-25(35)11-14-29(23)34/h3,7,11-12,14-15,17-18,22,24,27-28,31H,2,4-6,8-10,13,16,19-21H2,1H3,(H,36,38)/b7-3+/t24-,27+,28?,31?,34-/m0/s1. The molecule has 2 aromatic rings. The van der Waals surface area contributed by atoms with Crippen LogP contribution in [0.4, 0.5) is 5.69 Å². The van der Waals surface area contributed by atoms with Crippen LogP contribution in [-0.2, 0) is 31.4 Å². The molecule has 0 saturated heterocycles. The number of sulfonamides is 1. The van der Waals surface area contributed by atoms with Gasteiger partial charge in [-0.05, 0) is 117 Å². The predicted octanol–water partition coefficient (Wildman–Crippen LogP) is 6.04.